The molecule has 3 heterocycles. The van der Waals surface area contributed by atoms with Gasteiger partial charge in [0.15, 0.2) is 0 Å². The van der Waals surface area contributed by atoms with Crippen LogP contribution in [0.3, 0.4) is 0 Å². The van der Waals surface area contributed by atoms with E-state index in [-0.39, 0.29) is 4.21 Å². The molecule has 0 amide bonds. The number of sulfonamides is 1. The van der Waals surface area contributed by atoms with Crippen molar-refractivity contribution in [3.05, 3.63) is 39.1 Å². The molecule has 2 aliphatic heterocycles. The van der Waals surface area contributed by atoms with Crippen molar-refractivity contribution in [2.24, 2.45) is 0 Å². The first-order valence-electron chi connectivity index (χ1n) is 8.02. The molecule has 0 unspecified atom stereocenters. The van der Waals surface area contributed by atoms with Crippen LogP contribution in [-0.4, -0.2) is 34.2 Å². The van der Waals surface area contributed by atoms with Gasteiger partial charge in [0.2, 0.25) is 0 Å². The summed E-state index contributed by atoms with van der Waals surface area (Å²) in [6, 6.07) is 9.65. The fraction of sp³-hybridized carbons (Fsp3) is 0.375. The average Bonchev–Trinajstić information content (AvgIpc) is 3.17. The Morgan fingerprint density at radius 1 is 1.20 bits per heavy atom. The molecular formula is C16H17BrClN3O2S2. The quantitative estimate of drug-likeness (QED) is 0.752. The second kappa shape index (κ2) is 6.74. The van der Waals surface area contributed by atoms with Crippen LogP contribution in [0.15, 0.2) is 39.0 Å². The first-order valence-corrected chi connectivity index (χ1v) is 11.4. The standard InChI is InChI=1S/C16H17BrClN3O2S2/c17-12-9-15(24-16(12)18)25(22,23)21-10-20(11-5-7-19-8-6-11)13-3-1-2-4-14(13)21/h1-4,9,11,19H,5-8,10H2. The number of halogens is 2. The number of nitrogens with zero attached hydrogens (tertiary/aromatic N) is 2. The molecule has 0 atom stereocenters. The lowest BCUT2D eigenvalue weighted by molar-refractivity contribution is 0.436. The van der Waals surface area contributed by atoms with Crippen molar-refractivity contribution in [2.45, 2.75) is 23.1 Å². The van der Waals surface area contributed by atoms with Crippen molar-refractivity contribution in [1.82, 2.24) is 5.32 Å². The molecule has 25 heavy (non-hydrogen) atoms. The summed E-state index contributed by atoms with van der Waals surface area (Å²) < 4.78 is 29.2. The Hall–Kier alpha value is -0.800. The number of benzene rings is 1. The fourth-order valence-corrected chi connectivity index (χ4v) is 7.25. The molecular weight excluding hydrogens is 446 g/mol. The monoisotopic (exact) mass is 461 g/mol. The van der Waals surface area contributed by atoms with Gasteiger partial charge in [-0.3, -0.25) is 0 Å². The number of thiophene rings is 1. The molecule has 1 saturated heterocycles. The highest BCUT2D eigenvalue weighted by atomic mass is 79.9. The molecule has 2 aliphatic rings. The molecule has 1 N–H and O–H groups in total. The summed E-state index contributed by atoms with van der Waals surface area (Å²) in [5.74, 6) is 0. The third-order valence-electron chi connectivity index (χ3n) is 4.66. The zero-order valence-electron chi connectivity index (χ0n) is 13.3. The van der Waals surface area contributed by atoms with Gasteiger partial charge in [-0.25, -0.2) is 12.7 Å². The van der Waals surface area contributed by atoms with Crippen molar-refractivity contribution in [3.8, 4) is 0 Å². The van der Waals surface area contributed by atoms with Crippen molar-refractivity contribution in [3.63, 3.8) is 0 Å². The Labute approximate surface area is 164 Å². The fourth-order valence-electron chi connectivity index (χ4n) is 3.41. The van der Waals surface area contributed by atoms with Gasteiger partial charge in [0.1, 0.15) is 15.2 Å². The van der Waals surface area contributed by atoms with E-state index >= 15 is 0 Å². The van der Waals surface area contributed by atoms with Crippen LogP contribution in [0.1, 0.15) is 12.8 Å². The molecule has 0 bridgehead atoms. The van der Waals surface area contributed by atoms with Gasteiger partial charge in [-0.2, -0.15) is 0 Å². The summed E-state index contributed by atoms with van der Waals surface area (Å²) in [6.07, 6.45) is 2.03. The third-order valence-corrected chi connectivity index (χ3v) is 9.33. The normalized spacial score (nSPS) is 18.6. The largest absolute Gasteiger partial charge is 0.348 e. The SMILES string of the molecule is O=S(=O)(c1cc(Br)c(Cl)s1)N1CN(C2CCNCC2)c2ccccc21. The maximum absolute atomic E-state index is 13.2. The Balaban J connectivity index is 1.73. The van der Waals surface area contributed by atoms with E-state index < -0.39 is 10.0 Å². The number of hydrogen-bond donors (Lipinski definition) is 1. The smallest absolute Gasteiger partial charge is 0.275 e. The van der Waals surface area contributed by atoms with E-state index in [9.17, 15) is 8.42 Å². The predicted octanol–water partition coefficient (Wildman–Crippen LogP) is 3.89. The van der Waals surface area contributed by atoms with Crippen molar-refractivity contribution < 1.29 is 8.42 Å². The summed E-state index contributed by atoms with van der Waals surface area (Å²) in [5, 5.41) is 3.36. The summed E-state index contributed by atoms with van der Waals surface area (Å²) in [5.41, 5.74) is 1.72. The highest BCUT2D eigenvalue weighted by Gasteiger charge is 2.38. The number of nitrogens with one attached hydrogen (secondary N) is 1. The van der Waals surface area contributed by atoms with Crippen LogP contribution < -0.4 is 14.5 Å². The van der Waals surface area contributed by atoms with Gasteiger partial charge >= 0.3 is 0 Å². The molecule has 2 aromatic rings. The van der Waals surface area contributed by atoms with Crippen LogP contribution in [-0.2, 0) is 10.0 Å². The lowest BCUT2D eigenvalue weighted by atomic mass is 10.0. The van der Waals surface area contributed by atoms with Gasteiger partial charge in [0.05, 0.1) is 11.4 Å². The Kier molecular flexibility index (Phi) is 4.74. The van der Waals surface area contributed by atoms with E-state index in [1.807, 2.05) is 24.3 Å². The summed E-state index contributed by atoms with van der Waals surface area (Å²) >= 11 is 10.4. The van der Waals surface area contributed by atoms with E-state index in [2.05, 4.69) is 26.1 Å². The molecule has 1 aromatic carbocycles. The van der Waals surface area contributed by atoms with Crippen LogP contribution in [0, 0.1) is 0 Å². The van der Waals surface area contributed by atoms with Gasteiger partial charge in [0.25, 0.3) is 10.0 Å². The van der Waals surface area contributed by atoms with Crippen LogP contribution >= 0.6 is 38.9 Å². The molecule has 1 aromatic heterocycles. The number of hydrogen-bond acceptors (Lipinski definition) is 5. The minimum absolute atomic E-state index is 0.256. The summed E-state index contributed by atoms with van der Waals surface area (Å²) in [4.78, 5) is 2.22. The maximum atomic E-state index is 13.2. The van der Waals surface area contributed by atoms with E-state index in [0.29, 0.717) is 21.5 Å². The number of fused-ring (bicyclic) bond motifs is 1. The molecule has 0 spiro atoms. The lowest BCUT2D eigenvalue weighted by Crippen LogP contribution is -2.45. The highest BCUT2D eigenvalue weighted by Crippen LogP contribution is 2.43. The van der Waals surface area contributed by atoms with Crippen LogP contribution in [0.4, 0.5) is 11.4 Å². The Morgan fingerprint density at radius 2 is 1.88 bits per heavy atom. The van der Waals surface area contributed by atoms with Crippen molar-refractivity contribution >= 4 is 60.3 Å². The molecule has 9 heteroatoms. The summed E-state index contributed by atoms with van der Waals surface area (Å²) in [7, 11) is -3.65. The topological polar surface area (TPSA) is 52.7 Å². The van der Waals surface area contributed by atoms with Crippen LogP contribution in [0.2, 0.25) is 4.34 Å². The van der Waals surface area contributed by atoms with E-state index in [0.717, 1.165) is 48.6 Å². The summed E-state index contributed by atoms with van der Waals surface area (Å²) in [6.45, 7) is 2.27. The van der Waals surface area contributed by atoms with Gasteiger partial charge in [0, 0.05) is 10.5 Å². The zero-order valence-corrected chi connectivity index (χ0v) is 17.3. The molecule has 0 radical (unpaired) electrons. The predicted molar refractivity (Wildman–Crippen MR) is 106 cm³/mol. The van der Waals surface area contributed by atoms with E-state index in [1.54, 1.807) is 6.07 Å². The molecule has 0 aliphatic carbocycles. The minimum Gasteiger partial charge on any atom is -0.348 e. The van der Waals surface area contributed by atoms with E-state index in [4.69, 9.17) is 11.6 Å². The molecule has 134 valence electrons. The molecule has 5 nitrogen and oxygen atoms in total. The van der Waals surface area contributed by atoms with Gasteiger partial charge in [-0.1, -0.05) is 23.7 Å². The zero-order chi connectivity index (χ0) is 17.6. The minimum atomic E-state index is -3.65. The second-order valence-corrected chi connectivity index (χ2v) is 10.7. The second-order valence-electron chi connectivity index (χ2n) is 6.12. The molecule has 1 fully saturated rings. The van der Waals surface area contributed by atoms with Gasteiger partial charge in [-0.05, 0) is 60.1 Å². The lowest BCUT2D eigenvalue weighted by Gasteiger charge is -2.33. The van der Waals surface area contributed by atoms with E-state index in [1.165, 1.54) is 4.31 Å². The maximum Gasteiger partial charge on any atom is 0.275 e. The Bertz CT molecular complexity index is 877. The first kappa shape index (κ1) is 17.6. The van der Waals surface area contributed by atoms with Crippen LogP contribution in [0.25, 0.3) is 0 Å². The number of para-hydroxylation sites is 2. The van der Waals surface area contributed by atoms with Crippen LogP contribution in [0.5, 0.6) is 0 Å². The number of anilines is 2. The highest BCUT2D eigenvalue weighted by molar-refractivity contribution is 9.10. The average molecular weight is 463 g/mol. The van der Waals surface area contributed by atoms with Crippen molar-refractivity contribution in [1.29, 1.82) is 0 Å². The van der Waals surface area contributed by atoms with Gasteiger partial charge in [-0.15, -0.1) is 11.3 Å². The van der Waals surface area contributed by atoms with Crippen molar-refractivity contribution in [2.75, 3.05) is 29.0 Å². The third kappa shape index (κ3) is 3.08. The first-order chi connectivity index (χ1) is 12.0. The Morgan fingerprint density at radius 3 is 2.52 bits per heavy atom. The number of rotatable bonds is 3. The number of piperidine rings is 1. The molecule has 0 saturated carbocycles. The van der Waals surface area contributed by atoms with Gasteiger partial charge < -0.3 is 10.2 Å². The molecule has 4 rings (SSSR count).